The maximum Gasteiger partial charge on any atom is 0.319 e. The molecule has 2 rings (SSSR count). The lowest BCUT2D eigenvalue weighted by atomic mass is 9.89. The van der Waals surface area contributed by atoms with E-state index in [0.29, 0.717) is 5.69 Å². The van der Waals surface area contributed by atoms with Gasteiger partial charge in [-0.3, -0.25) is 0 Å². The van der Waals surface area contributed by atoms with E-state index < -0.39 is 6.10 Å². The van der Waals surface area contributed by atoms with Gasteiger partial charge in [0, 0.05) is 12.2 Å². The lowest BCUT2D eigenvalue weighted by Crippen LogP contribution is -2.40. The highest BCUT2D eigenvalue weighted by Crippen LogP contribution is 2.24. The Bertz CT molecular complexity index is 646. The molecule has 0 aliphatic carbocycles. The molecule has 6 heteroatoms. The van der Waals surface area contributed by atoms with Crippen molar-refractivity contribution in [3.63, 3.8) is 0 Å². The number of nitrogens with one attached hydrogen (secondary N) is 2. The summed E-state index contributed by atoms with van der Waals surface area (Å²) in [7, 11) is 0. The summed E-state index contributed by atoms with van der Waals surface area (Å²) < 4.78 is 1.04. The minimum absolute atomic E-state index is 0.219. The summed E-state index contributed by atoms with van der Waals surface area (Å²) in [4.78, 5) is 16.2. The minimum atomic E-state index is -0.588. The van der Waals surface area contributed by atoms with Crippen molar-refractivity contribution in [3.8, 4) is 0 Å². The number of amides is 2. The molecule has 0 saturated heterocycles. The smallest absolute Gasteiger partial charge is 0.319 e. The Morgan fingerprint density at radius 3 is 2.81 bits per heavy atom. The number of aryl methyl sites for hydroxylation is 1. The number of hydrogen-bond donors (Lipinski definition) is 3. The standard InChI is InChI=1S/C15H21N3O2S/c1-9-17-11-6-5-10(7-12(11)21-9)18-14(20)16-8-13(19)15(2,3)4/h5-7,13,19H,8H2,1-4H3,(H2,16,18,20). The normalized spacial score (nSPS) is 13.2. The number of anilines is 1. The zero-order valence-electron chi connectivity index (χ0n) is 12.7. The van der Waals surface area contributed by atoms with Gasteiger partial charge in [-0.25, -0.2) is 9.78 Å². The third kappa shape index (κ3) is 4.15. The number of carbonyl (C=O) groups excluding carboxylic acids is 1. The average Bonchev–Trinajstić information content (AvgIpc) is 2.74. The van der Waals surface area contributed by atoms with Gasteiger partial charge in [-0.15, -0.1) is 11.3 Å². The van der Waals surface area contributed by atoms with E-state index in [4.69, 9.17) is 0 Å². The Balaban J connectivity index is 1.95. The van der Waals surface area contributed by atoms with Crippen molar-refractivity contribution in [1.29, 1.82) is 0 Å². The van der Waals surface area contributed by atoms with E-state index >= 15 is 0 Å². The molecule has 5 nitrogen and oxygen atoms in total. The van der Waals surface area contributed by atoms with E-state index in [-0.39, 0.29) is 18.0 Å². The van der Waals surface area contributed by atoms with Crippen molar-refractivity contribution in [2.75, 3.05) is 11.9 Å². The summed E-state index contributed by atoms with van der Waals surface area (Å²) >= 11 is 1.59. The molecule has 0 saturated carbocycles. The number of urea groups is 1. The molecule has 2 amide bonds. The van der Waals surface area contributed by atoms with Crippen LogP contribution in [0.3, 0.4) is 0 Å². The van der Waals surface area contributed by atoms with Gasteiger partial charge >= 0.3 is 6.03 Å². The van der Waals surface area contributed by atoms with Crippen LogP contribution in [-0.4, -0.2) is 28.8 Å². The van der Waals surface area contributed by atoms with Crippen LogP contribution in [0.25, 0.3) is 10.2 Å². The fourth-order valence-electron chi connectivity index (χ4n) is 1.79. The van der Waals surface area contributed by atoms with Crippen molar-refractivity contribution >= 4 is 33.3 Å². The summed E-state index contributed by atoms with van der Waals surface area (Å²) in [5, 5.41) is 16.3. The summed E-state index contributed by atoms with van der Waals surface area (Å²) in [6.07, 6.45) is -0.588. The molecule has 1 unspecified atom stereocenters. The van der Waals surface area contributed by atoms with Gasteiger partial charge < -0.3 is 15.7 Å². The van der Waals surface area contributed by atoms with Gasteiger partial charge in [0.05, 0.1) is 21.3 Å². The number of nitrogens with zero attached hydrogens (tertiary/aromatic N) is 1. The van der Waals surface area contributed by atoms with E-state index in [0.717, 1.165) is 15.2 Å². The number of carbonyl (C=O) groups is 1. The third-order valence-electron chi connectivity index (χ3n) is 3.21. The predicted octanol–water partition coefficient (Wildman–Crippen LogP) is 3.13. The Kier molecular flexibility index (Phi) is 4.49. The average molecular weight is 307 g/mol. The molecule has 0 radical (unpaired) electrons. The number of thiazole rings is 1. The first-order valence-electron chi connectivity index (χ1n) is 6.86. The molecule has 114 valence electrons. The number of aromatic nitrogens is 1. The lowest BCUT2D eigenvalue weighted by molar-refractivity contribution is 0.0654. The Labute approximate surface area is 128 Å². The van der Waals surface area contributed by atoms with Crippen LogP contribution >= 0.6 is 11.3 Å². The first-order valence-corrected chi connectivity index (χ1v) is 7.67. The minimum Gasteiger partial charge on any atom is -0.391 e. The first kappa shape index (κ1) is 15.7. The largest absolute Gasteiger partial charge is 0.391 e. The molecule has 0 spiro atoms. The molecule has 3 N–H and O–H groups in total. The lowest BCUT2D eigenvalue weighted by Gasteiger charge is -2.25. The molecule has 1 atom stereocenters. The third-order valence-corrected chi connectivity index (χ3v) is 4.14. The van der Waals surface area contributed by atoms with E-state index in [9.17, 15) is 9.90 Å². The van der Waals surface area contributed by atoms with Crippen LogP contribution in [0.2, 0.25) is 0 Å². The van der Waals surface area contributed by atoms with Crippen molar-refractivity contribution in [1.82, 2.24) is 10.3 Å². The molecule has 0 bridgehead atoms. The highest BCUT2D eigenvalue weighted by atomic mass is 32.1. The number of fused-ring (bicyclic) bond motifs is 1. The SMILES string of the molecule is Cc1nc2ccc(NC(=O)NCC(O)C(C)(C)C)cc2s1. The van der Waals surface area contributed by atoms with Crippen LogP contribution < -0.4 is 10.6 Å². The van der Waals surface area contributed by atoms with Crippen LogP contribution in [0, 0.1) is 12.3 Å². The van der Waals surface area contributed by atoms with Crippen molar-refractivity contribution < 1.29 is 9.90 Å². The maximum absolute atomic E-state index is 11.8. The molecule has 1 aromatic heterocycles. The number of hydrogen-bond acceptors (Lipinski definition) is 4. The van der Waals surface area contributed by atoms with Crippen molar-refractivity contribution in [2.45, 2.75) is 33.8 Å². The zero-order valence-corrected chi connectivity index (χ0v) is 13.5. The number of aliphatic hydroxyl groups is 1. The van der Waals surface area contributed by atoms with Gasteiger partial charge in [-0.05, 0) is 30.5 Å². The van der Waals surface area contributed by atoms with Gasteiger partial charge in [-0.2, -0.15) is 0 Å². The highest BCUT2D eigenvalue weighted by Gasteiger charge is 2.22. The number of rotatable bonds is 3. The first-order chi connectivity index (χ1) is 9.75. The van der Waals surface area contributed by atoms with Gasteiger partial charge in [0.1, 0.15) is 0 Å². The van der Waals surface area contributed by atoms with E-state index in [1.165, 1.54) is 0 Å². The van der Waals surface area contributed by atoms with Crippen molar-refractivity contribution in [3.05, 3.63) is 23.2 Å². The Morgan fingerprint density at radius 2 is 2.14 bits per heavy atom. The fraction of sp³-hybridized carbons (Fsp3) is 0.467. The monoisotopic (exact) mass is 307 g/mol. The van der Waals surface area contributed by atoms with E-state index in [1.54, 1.807) is 11.3 Å². The number of aliphatic hydroxyl groups excluding tert-OH is 1. The zero-order chi connectivity index (χ0) is 15.6. The molecule has 1 aromatic carbocycles. The van der Waals surface area contributed by atoms with Gasteiger partial charge in [0.15, 0.2) is 0 Å². The van der Waals surface area contributed by atoms with Crippen LogP contribution in [-0.2, 0) is 0 Å². The van der Waals surface area contributed by atoms with Crippen LogP contribution in [0.4, 0.5) is 10.5 Å². The topological polar surface area (TPSA) is 74.2 Å². The second kappa shape index (κ2) is 5.99. The fourth-order valence-corrected chi connectivity index (χ4v) is 2.65. The predicted molar refractivity (Wildman–Crippen MR) is 86.8 cm³/mol. The molecular weight excluding hydrogens is 286 g/mol. The quantitative estimate of drug-likeness (QED) is 0.815. The molecule has 2 aromatic rings. The molecule has 0 fully saturated rings. The highest BCUT2D eigenvalue weighted by molar-refractivity contribution is 7.18. The van der Waals surface area contributed by atoms with E-state index in [1.807, 2.05) is 45.9 Å². The van der Waals surface area contributed by atoms with E-state index in [2.05, 4.69) is 15.6 Å². The van der Waals surface area contributed by atoms with Gasteiger partial charge in [0.25, 0.3) is 0 Å². The molecular formula is C15H21N3O2S. The summed E-state index contributed by atoms with van der Waals surface area (Å²) in [6.45, 7) is 7.96. The van der Waals surface area contributed by atoms with Crippen LogP contribution in [0.1, 0.15) is 25.8 Å². The second-order valence-electron chi connectivity index (χ2n) is 6.13. The van der Waals surface area contributed by atoms with Gasteiger partial charge in [-0.1, -0.05) is 20.8 Å². The van der Waals surface area contributed by atoms with Crippen molar-refractivity contribution in [2.24, 2.45) is 5.41 Å². The van der Waals surface area contributed by atoms with Crippen LogP contribution in [0.5, 0.6) is 0 Å². The molecule has 1 heterocycles. The van der Waals surface area contributed by atoms with Gasteiger partial charge in [0.2, 0.25) is 0 Å². The number of benzene rings is 1. The summed E-state index contributed by atoms with van der Waals surface area (Å²) in [5.41, 5.74) is 1.40. The summed E-state index contributed by atoms with van der Waals surface area (Å²) in [6, 6.07) is 5.29. The molecule has 21 heavy (non-hydrogen) atoms. The second-order valence-corrected chi connectivity index (χ2v) is 7.37. The van der Waals surface area contributed by atoms with Crippen LogP contribution in [0.15, 0.2) is 18.2 Å². The maximum atomic E-state index is 11.8. The summed E-state index contributed by atoms with van der Waals surface area (Å²) in [5.74, 6) is 0. The Hall–Kier alpha value is -1.66. The Morgan fingerprint density at radius 1 is 1.43 bits per heavy atom. The molecule has 0 aliphatic rings. The molecule has 0 aliphatic heterocycles.